The maximum Gasteiger partial charge on any atom is 0.328 e. The molecule has 0 unspecified atom stereocenters. The van der Waals surface area contributed by atoms with E-state index in [0.29, 0.717) is 0 Å². The number of imidazole rings is 1. The zero-order chi connectivity index (χ0) is 9.14. The van der Waals surface area contributed by atoms with Crippen molar-refractivity contribution in [1.82, 2.24) is 9.55 Å². The molecule has 4 nitrogen and oxygen atoms in total. The molecule has 0 aliphatic carbocycles. The topological polar surface area (TPSA) is 55.1 Å². The molecule has 0 fully saturated rings. The summed E-state index contributed by atoms with van der Waals surface area (Å²) in [6.07, 6.45) is 4.26. The van der Waals surface area contributed by atoms with Crippen LogP contribution in [0.15, 0.2) is 12.4 Å². The predicted octanol–water partition coefficient (Wildman–Crippen LogP) is 1.12. The fraction of sp³-hybridized carbons (Fsp3) is 0.143. The zero-order valence-electron chi connectivity index (χ0n) is 6.36. The average molecular weight is 278 g/mol. The lowest BCUT2D eigenvalue weighted by molar-refractivity contribution is -0.131. The zero-order valence-corrected chi connectivity index (χ0v) is 8.52. The standard InChI is InChI=1S/C7H7IN2O2/c1-10-4-9-7(8)5(10)2-3-6(11)12/h2-4H,1H3,(H,11,12)/b3-2+. The molecule has 1 aromatic heterocycles. The second kappa shape index (κ2) is 3.70. The van der Waals surface area contributed by atoms with Gasteiger partial charge in [0.15, 0.2) is 0 Å². The van der Waals surface area contributed by atoms with Crippen LogP contribution in [-0.4, -0.2) is 20.6 Å². The molecule has 0 aliphatic rings. The van der Waals surface area contributed by atoms with E-state index in [0.717, 1.165) is 15.5 Å². The summed E-state index contributed by atoms with van der Waals surface area (Å²) in [6, 6.07) is 0. The van der Waals surface area contributed by atoms with Crippen molar-refractivity contribution in [3.8, 4) is 0 Å². The van der Waals surface area contributed by atoms with Gasteiger partial charge in [0.1, 0.15) is 3.70 Å². The molecule has 0 atom stereocenters. The second-order valence-electron chi connectivity index (χ2n) is 2.20. The Labute approximate surface area is 83.1 Å². The van der Waals surface area contributed by atoms with E-state index in [1.165, 1.54) is 6.08 Å². The van der Waals surface area contributed by atoms with E-state index < -0.39 is 5.97 Å². The van der Waals surface area contributed by atoms with Gasteiger partial charge in [-0.25, -0.2) is 9.78 Å². The van der Waals surface area contributed by atoms with Crippen molar-refractivity contribution in [2.45, 2.75) is 0 Å². The molecule has 1 aromatic rings. The Balaban J connectivity index is 2.95. The third kappa shape index (κ3) is 2.07. The summed E-state index contributed by atoms with van der Waals surface area (Å²) in [5, 5.41) is 8.38. The summed E-state index contributed by atoms with van der Waals surface area (Å²) in [6.45, 7) is 0. The van der Waals surface area contributed by atoms with Crippen molar-refractivity contribution >= 4 is 34.6 Å². The highest BCUT2D eigenvalue weighted by molar-refractivity contribution is 14.1. The lowest BCUT2D eigenvalue weighted by Gasteiger charge is -1.93. The van der Waals surface area contributed by atoms with Crippen molar-refractivity contribution in [1.29, 1.82) is 0 Å². The quantitative estimate of drug-likeness (QED) is 0.651. The summed E-state index contributed by atoms with van der Waals surface area (Å²) in [7, 11) is 1.82. The van der Waals surface area contributed by atoms with Crippen LogP contribution in [0.3, 0.4) is 0 Å². The number of aromatic nitrogens is 2. The third-order valence-electron chi connectivity index (χ3n) is 1.32. The molecule has 0 radical (unpaired) electrons. The summed E-state index contributed by atoms with van der Waals surface area (Å²) >= 11 is 2.05. The number of carbonyl (C=O) groups is 1. The average Bonchev–Trinajstić information content (AvgIpc) is 2.28. The van der Waals surface area contributed by atoms with Gasteiger partial charge in [0, 0.05) is 13.1 Å². The molecule has 5 heteroatoms. The number of carboxylic acid groups (broad SMARTS) is 1. The SMILES string of the molecule is Cn1cnc(I)c1/C=C/C(=O)O. The van der Waals surface area contributed by atoms with Gasteiger partial charge >= 0.3 is 5.97 Å². The van der Waals surface area contributed by atoms with Crippen LogP contribution in [0.4, 0.5) is 0 Å². The van der Waals surface area contributed by atoms with Gasteiger partial charge < -0.3 is 9.67 Å². The Morgan fingerprint density at radius 3 is 2.92 bits per heavy atom. The number of hydrogen-bond acceptors (Lipinski definition) is 2. The fourth-order valence-corrected chi connectivity index (χ4v) is 1.43. The highest BCUT2D eigenvalue weighted by atomic mass is 127. The van der Waals surface area contributed by atoms with E-state index in [9.17, 15) is 4.79 Å². The number of nitrogens with zero attached hydrogens (tertiary/aromatic N) is 2. The number of hydrogen-bond donors (Lipinski definition) is 1. The van der Waals surface area contributed by atoms with Crippen LogP contribution < -0.4 is 0 Å². The minimum absolute atomic E-state index is 0.799. The third-order valence-corrected chi connectivity index (χ3v) is 2.15. The van der Waals surface area contributed by atoms with Crippen molar-refractivity contribution in [2.24, 2.45) is 7.05 Å². The van der Waals surface area contributed by atoms with Gasteiger partial charge in [-0.15, -0.1) is 0 Å². The molecular formula is C7H7IN2O2. The maximum absolute atomic E-state index is 10.2. The molecule has 1 N–H and O–H groups in total. The summed E-state index contributed by atoms with van der Waals surface area (Å²) in [5.74, 6) is -0.952. The van der Waals surface area contributed by atoms with Gasteiger partial charge in [-0.3, -0.25) is 0 Å². The molecular weight excluding hydrogens is 271 g/mol. The van der Waals surface area contributed by atoms with E-state index >= 15 is 0 Å². The molecule has 0 saturated carbocycles. The van der Waals surface area contributed by atoms with Crippen LogP contribution in [0.25, 0.3) is 6.08 Å². The van der Waals surface area contributed by atoms with E-state index in [-0.39, 0.29) is 0 Å². The number of halogens is 1. The number of rotatable bonds is 2. The highest BCUT2D eigenvalue weighted by Crippen LogP contribution is 2.10. The number of aliphatic carboxylic acids is 1. The minimum atomic E-state index is -0.952. The Morgan fingerprint density at radius 2 is 2.50 bits per heavy atom. The first-order valence-corrected chi connectivity index (χ1v) is 4.27. The lowest BCUT2D eigenvalue weighted by Crippen LogP contribution is -1.91. The monoisotopic (exact) mass is 278 g/mol. The van der Waals surface area contributed by atoms with Crippen LogP contribution in [0.5, 0.6) is 0 Å². The van der Waals surface area contributed by atoms with E-state index in [1.54, 1.807) is 10.9 Å². The number of carboxylic acids is 1. The van der Waals surface area contributed by atoms with Crippen LogP contribution >= 0.6 is 22.6 Å². The minimum Gasteiger partial charge on any atom is -0.478 e. The van der Waals surface area contributed by atoms with Crippen molar-refractivity contribution < 1.29 is 9.90 Å². The number of aryl methyl sites for hydroxylation is 1. The first-order valence-electron chi connectivity index (χ1n) is 3.19. The van der Waals surface area contributed by atoms with Crippen molar-refractivity contribution in [3.63, 3.8) is 0 Å². The van der Waals surface area contributed by atoms with Crippen LogP contribution in [-0.2, 0) is 11.8 Å². The molecule has 0 spiro atoms. The molecule has 0 aromatic carbocycles. The van der Waals surface area contributed by atoms with Gasteiger partial charge in [0.25, 0.3) is 0 Å². The molecule has 64 valence electrons. The second-order valence-corrected chi connectivity index (χ2v) is 3.22. The van der Waals surface area contributed by atoms with Crippen LogP contribution in [0.2, 0.25) is 0 Å². The highest BCUT2D eigenvalue weighted by Gasteiger charge is 2.01. The Morgan fingerprint density at radius 1 is 1.83 bits per heavy atom. The molecule has 12 heavy (non-hydrogen) atoms. The summed E-state index contributed by atoms with van der Waals surface area (Å²) in [4.78, 5) is 14.2. The van der Waals surface area contributed by atoms with Gasteiger partial charge in [0.05, 0.1) is 12.0 Å². The van der Waals surface area contributed by atoms with E-state index in [1.807, 2.05) is 7.05 Å². The molecule has 0 aliphatic heterocycles. The first-order chi connectivity index (χ1) is 5.61. The maximum atomic E-state index is 10.2. The summed E-state index contributed by atoms with van der Waals surface area (Å²) < 4.78 is 2.56. The molecule has 0 bridgehead atoms. The normalized spacial score (nSPS) is 10.8. The van der Waals surface area contributed by atoms with Crippen molar-refractivity contribution in [3.05, 3.63) is 21.8 Å². The van der Waals surface area contributed by atoms with E-state index in [4.69, 9.17) is 5.11 Å². The summed E-state index contributed by atoms with van der Waals surface area (Å²) in [5.41, 5.74) is 0.804. The predicted molar refractivity (Wildman–Crippen MR) is 52.6 cm³/mol. The Hall–Kier alpha value is -0.850. The molecule has 0 amide bonds. The smallest absolute Gasteiger partial charge is 0.328 e. The lowest BCUT2D eigenvalue weighted by atomic mass is 10.4. The largest absolute Gasteiger partial charge is 0.478 e. The van der Waals surface area contributed by atoms with Gasteiger partial charge in [-0.05, 0) is 28.7 Å². The Kier molecular flexibility index (Phi) is 2.85. The van der Waals surface area contributed by atoms with Crippen LogP contribution in [0, 0.1) is 3.70 Å². The fourth-order valence-electron chi connectivity index (χ4n) is 0.748. The van der Waals surface area contributed by atoms with Gasteiger partial charge in [-0.2, -0.15) is 0 Å². The van der Waals surface area contributed by atoms with Crippen LogP contribution in [0.1, 0.15) is 5.69 Å². The van der Waals surface area contributed by atoms with Crippen molar-refractivity contribution in [2.75, 3.05) is 0 Å². The molecule has 0 saturated heterocycles. The molecule has 1 heterocycles. The van der Waals surface area contributed by atoms with Gasteiger partial charge in [0.2, 0.25) is 0 Å². The first kappa shape index (κ1) is 9.24. The Bertz CT molecular complexity index is 311. The van der Waals surface area contributed by atoms with E-state index in [2.05, 4.69) is 27.6 Å². The van der Waals surface area contributed by atoms with Gasteiger partial charge in [-0.1, -0.05) is 0 Å². The molecule has 1 rings (SSSR count).